The van der Waals surface area contributed by atoms with Crippen LogP contribution in [0.25, 0.3) is 0 Å². The monoisotopic (exact) mass is 546 g/mol. The topological polar surface area (TPSA) is 113 Å². The Morgan fingerprint density at radius 2 is 1.69 bits per heavy atom. The van der Waals surface area contributed by atoms with Gasteiger partial charge in [-0.3, -0.25) is 14.4 Å². The van der Waals surface area contributed by atoms with E-state index >= 15 is 0 Å². The first-order valence-electron chi connectivity index (χ1n) is 11.0. The predicted octanol–water partition coefficient (Wildman–Crippen LogP) is 4.19. The maximum absolute atomic E-state index is 12.9. The number of hydrogen-bond donors (Lipinski definition) is 2. The van der Waals surface area contributed by atoms with Gasteiger partial charge < -0.3 is 5.32 Å². The van der Waals surface area contributed by atoms with Gasteiger partial charge in [0.1, 0.15) is 11.6 Å². The zero-order chi connectivity index (χ0) is 26.1. The van der Waals surface area contributed by atoms with Crippen LogP contribution < -0.4 is 14.6 Å². The molecule has 0 aliphatic heterocycles. The SMILES string of the molecule is CC(=O)NS(=O)(=O)c1ccc(NC(=O)c2ccccc2SC(=O)CCCC[n+]2cccc(Cl)c2)cc1. The van der Waals surface area contributed by atoms with Crippen LogP contribution in [0, 0.1) is 0 Å². The molecule has 0 saturated carbocycles. The van der Waals surface area contributed by atoms with Gasteiger partial charge in [-0.2, -0.15) is 0 Å². The molecule has 2 aromatic carbocycles. The Labute approximate surface area is 219 Å². The van der Waals surface area contributed by atoms with Crippen molar-refractivity contribution in [1.29, 1.82) is 0 Å². The number of nitrogens with one attached hydrogen (secondary N) is 2. The summed E-state index contributed by atoms with van der Waals surface area (Å²) in [5, 5.41) is 3.32. The third kappa shape index (κ3) is 8.18. The molecular weight excluding hydrogens is 522 g/mol. The summed E-state index contributed by atoms with van der Waals surface area (Å²) in [6.45, 7) is 1.86. The molecule has 0 fully saturated rings. The Balaban J connectivity index is 1.56. The molecule has 3 aromatic rings. The highest BCUT2D eigenvalue weighted by atomic mass is 35.5. The van der Waals surface area contributed by atoms with E-state index in [4.69, 9.17) is 11.6 Å². The fraction of sp³-hybridized carbons (Fsp3) is 0.200. The van der Waals surface area contributed by atoms with Crippen LogP contribution in [0.3, 0.4) is 0 Å². The third-order valence-corrected chi connectivity index (χ3v) is 7.61. The number of thioether (sulfide) groups is 1. The molecule has 0 atom stereocenters. The van der Waals surface area contributed by atoms with Crippen molar-refractivity contribution in [1.82, 2.24) is 4.72 Å². The van der Waals surface area contributed by atoms with Crippen LogP contribution >= 0.6 is 23.4 Å². The quantitative estimate of drug-likeness (QED) is 0.224. The summed E-state index contributed by atoms with van der Waals surface area (Å²) < 4.78 is 28.0. The lowest BCUT2D eigenvalue weighted by atomic mass is 10.2. The molecule has 0 radical (unpaired) electrons. The van der Waals surface area contributed by atoms with Crippen LogP contribution in [0.15, 0.2) is 82.8 Å². The van der Waals surface area contributed by atoms with Crippen LogP contribution in [-0.2, 0) is 26.2 Å². The van der Waals surface area contributed by atoms with Gasteiger partial charge in [0.2, 0.25) is 5.91 Å². The normalized spacial score (nSPS) is 11.1. The van der Waals surface area contributed by atoms with Gasteiger partial charge >= 0.3 is 0 Å². The van der Waals surface area contributed by atoms with E-state index in [1.165, 1.54) is 24.3 Å². The molecule has 0 saturated heterocycles. The second-order valence-corrected chi connectivity index (χ2v) is 11.0. The van der Waals surface area contributed by atoms with Gasteiger partial charge in [0.05, 0.1) is 10.5 Å². The van der Waals surface area contributed by atoms with E-state index in [0.29, 0.717) is 34.0 Å². The summed E-state index contributed by atoms with van der Waals surface area (Å²) in [6, 6.07) is 15.9. The van der Waals surface area contributed by atoms with E-state index in [0.717, 1.165) is 31.7 Å². The van der Waals surface area contributed by atoms with Gasteiger partial charge in [-0.1, -0.05) is 35.5 Å². The fourth-order valence-electron chi connectivity index (χ4n) is 3.27. The number of hydrogen-bond acceptors (Lipinski definition) is 6. The van der Waals surface area contributed by atoms with E-state index in [9.17, 15) is 22.8 Å². The molecule has 0 unspecified atom stereocenters. The molecule has 2 amide bonds. The van der Waals surface area contributed by atoms with Crippen LogP contribution in [-0.4, -0.2) is 25.3 Å². The van der Waals surface area contributed by atoms with Crippen molar-refractivity contribution in [2.75, 3.05) is 5.32 Å². The van der Waals surface area contributed by atoms with E-state index in [1.54, 1.807) is 30.3 Å². The number of aryl methyl sites for hydroxylation is 1. The second kappa shape index (κ2) is 12.7. The number of unbranched alkanes of at least 4 members (excludes halogenated alkanes) is 1. The maximum Gasteiger partial charge on any atom is 0.264 e. The molecule has 0 aliphatic carbocycles. The highest BCUT2D eigenvalue weighted by molar-refractivity contribution is 8.13. The number of carbonyl (C=O) groups excluding carboxylic acids is 3. The van der Waals surface area contributed by atoms with Gasteiger partial charge in [0, 0.05) is 36.4 Å². The fourth-order valence-corrected chi connectivity index (χ4v) is 5.37. The largest absolute Gasteiger partial charge is 0.322 e. The zero-order valence-corrected chi connectivity index (χ0v) is 21.8. The number of nitrogens with zero attached hydrogens (tertiary/aromatic N) is 1. The lowest BCUT2D eigenvalue weighted by Crippen LogP contribution is -2.32. The Bertz CT molecular complexity index is 1360. The molecule has 11 heteroatoms. The summed E-state index contributed by atoms with van der Waals surface area (Å²) in [4.78, 5) is 36.9. The minimum Gasteiger partial charge on any atom is -0.322 e. The van der Waals surface area contributed by atoms with E-state index < -0.39 is 21.8 Å². The minimum absolute atomic E-state index is 0.0427. The first-order valence-corrected chi connectivity index (χ1v) is 13.7. The van der Waals surface area contributed by atoms with Crippen LogP contribution in [0.1, 0.15) is 36.5 Å². The summed E-state index contributed by atoms with van der Waals surface area (Å²) in [5.74, 6) is -1.13. The number of rotatable bonds is 10. The summed E-state index contributed by atoms with van der Waals surface area (Å²) in [5.41, 5.74) is 0.701. The average molecular weight is 547 g/mol. The number of halogens is 1. The number of benzene rings is 2. The maximum atomic E-state index is 12.9. The average Bonchev–Trinajstić information content (AvgIpc) is 2.82. The number of sulfonamides is 1. The molecule has 3 rings (SSSR count). The molecule has 0 bridgehead atoms. The van der Waals surface area contributed by atoms with Gasteiger partial charge in [-0.15, -0.1) is 0 Å². The van der Waals surface area contributed by atoms with E-state index in [-0.39, 0.29) is 10.0 Å². The minimum atomic E-state index is -3.96. The first-order chi connectivity index (χ1) is 17.1. The van der Waals surface area contributed by atoms with Crippen molar-refractivity contribution in [3.8, 4) is 0 Å². The first kappa shape index (κ1) is 27.4. The third-order valence-electron chi connectivity index (χ3n) is 4.93. The molecule has 2 N–H and O–H groups in total. The summed E-state index contributed by atoms with van der Waals surface area (Å²) >= 11 is 7.00. The number of carbonyl (C=O) groups is 3. The second-order valence-electron chi connectivity index (χ2n) is 7.83. The van der Waals surface area contributed by atoms with Crippen molar-refractivity contribution in [3.63, 3.8) is 0 Å². The van der Waals surface area contributed by atoms with Crippen molar-refractivity contribution < 1.29 is 27.4 Å². The Hall–Kier alpha value is -3.21. The number of aromatic nitrogens is 1. The zero-order valence-electron chi connectivity index (χ0n) is 19.4. The molecule has 0 aliphatic rings. The highest BCUT2D eigenvalue weighted by Gasteiger charge is 2.17. The van der Waals surface area contributed by atoms with Gasteiger partial charge in [-0.05, 0) is 48.9 Å². The molecule has 1 aromatic heterocycles. The molecular formula is C25H25ClN3O5S2+. The highest BCUT2D eigenvalue weighted by Crippen LogP contribution is 2.26. The Morgan fingerprint density at radius 3 is 2.39 bits per heavy atom. The molecule has 36 heavy (non-hydrogen) atoms. The van der Waals surface area contributed by atoms with Crippen molar-refractivity contribution in [2.24, 2.45) is 0 Å². The van der Waals surface area contributed by atoms with Crippen LogP contribution in [0.5, 0.6) is 0 Å². The summed E-state index contributed by atoms with van der Waals surface area (Å²) in [6.07, 6.45) is 5.64. The van der Waals surface area contributed by atoms with Gasteiger partial charge in [0.15, 0.2) is 17.5 Å². The lowest BCUT2D eigenvalue weighted by molar-refractivity contribution is -0.697. The van der Waals surface area contributed by atoms with Crippen molar-refractivity contribution in [3.05, 3.63) is 83.6 Å². The standard InChI is InChI=1S/C25H24ClN3O5S2/c1-18(30)28-36(33,34)21-13-11-20(12-14-21)27-25(32)22-8-2-3-9-23(22)35-24(31)10-4-5-15-29-16-6-7-19(26)17-29/h2-3,6-9,11-14,16-17H,4-5,10,15H2,1H3,(H-,27,28,30,32)/p+1. The number of pyridine rings is 1. The van der Waals surface area contributed by atoms with Crippen molar-refractivity contribution >= 4 is 56.0 Å². The lowest BCUT2D eigenvalue weighted by Gasteiger charge is -2.10. The molecule has 8 nitrogen and oxygen atoms in total. The van der Waals surface area contributed by atoms with E-state index in [2.05, 4.69) is 5.32 Å². The number of anilines is 1. The van der Waals surface area contributed by atoms with Crippen LogP contribution in [0.4, 0.5) is 5.69 Å². The summed E-state index contributed by atoms with van der Waals surface area (Å²) in [7, 11) is -3.96. The Kier molecular flexibility index (Phi) is 9.63. The predicted molar refractivity (Wildman–Crippen MR) is 138 cm³/mol. The van der Waals surface area contributed by atoms with Gasteiger partial charge in [0.25, 0.3) is 15.9 Å². The van der Waals surface area contributed by atoms with Gasteiger partial charge in [-0.25, -0.2) is 17.7 Å². The molecule has 1 heterocycles. The smallest absolute Gasteiger partial charge is 0.264 e. The number of amides is 2. The molecule has 0 spiro atoms. The van der Waals surface area contributed by atoms with Crippen LogP contribution in [0.2, 0.25) is 5.02 Å². The molecule has 188 valence electrons. The van der Waals surface area contributed by atoms with E-state index in [1.807, 2.05) is 27.7 Å². The van der Waals surface area contributed by atoms with Crippen molar-refractivity contribution in [2.45, 2.75) is 42.5 Å². The Morgan fingerprint density at radius 1 is 0.972 bits per heavy atom.